The summed E-state index contributed by atoms with van der Waals surface area (Å²) in [7, 11) is 0. The summed E-state index contributed by atoms with van der Waals surface area (Å²) in [6.07, 6.45) is 1.30. The maximum absolute atomic E-state index is 12.0. The zero-order chi connectivity index (χ0) is 22.5. The van der Waals surface area contributed by atoms with Crippen molar-refractivity contribution in [2.75, 3.05) is 5.75 Å². The number of nitro benzene ring substituents is 1. The van der Waals surface area contributed by atoms with Crippen LogP contribution >= 0.6 is 35.0 Å². The van der Waals surface area contributed by atoms with Gasteiger partial charge in [0, 0.05) is 23.0 Å². The number of aromatic nitrogens is 2. The van der Waals surface area contributed by atoms with Crippen molar-refractivity contribution < 1.29 is 14.1 Å². The van der Waals surface area contributed by atoms with Crippen LogP contribution in [0.1, 0.15) is 17.1 Å². The third-order valence-corrected chi connectivity index (χ3v) is 5.26. The van der Waals surface area contributed by atoms with Gasteiger partial charge in [-0.25, -0.2) is 15.4 Å². The molecule has 0 radical (unpaired) electrons. The van der Waals surface area contributed by atoms with Gasteiger partial charge in [-0.1, -0.05) is 35.0 Å². The quantitative estimate of drug-likeness (QED) is 0.169. The van der Waals surface area contributed by atoms with E-state index in [2.05, 4.69) is 20.5 Å². The van der Waals surface area contributed by atoms with E-state index >= 15 is 0 Å². The molecule has 0 aliphatic carbocycles. The third kappa shape index (κ3) is 6.03. The molecule has 1 N–H and O–H groups in total. The summed E-state index contributed by atoms with van der Waals surface area (Å²) in [6, 6.07) is 7.53. The first kappa shape index (κ1) is 22.7. The molecule has 160 valence electrons. The Labute approximate surface area is 191 Å². The van der Waals surface area contributed by atoms with Gasteiger partial charge in [-0.3, -0.25) is 14.9 Å². The summed E-state index contributed by atoms with van der Waals surface area (Å²) in [6.45, 7) is 3.71. The van der Waals surface area contributed by atoms with E-state index in [1.54, 1.807) is 12.1 Å². The molecule has 0 fully saturated rings. The fraction of sp³-hybridized carbons (Fsp3) is 0.158. The zero-order valence-corrected chi connectivity index (χ0v) is 18.6. The molecule has 9 nitrogen and oxygen atoms in total. The van der Waals surface area contributed by atoms with Gasteiger partial charge < -0.3 is 4.42 Å². The first-order valence-electron chi connectivity index (χ1n) is 8.73. The standard InChI is InChI=1S/C19H15Cl2N5O4S/c1-10-5-11(2)24-19(23-10)31-9-18(27)25-22-8-12-3-4-17(30-12)13-6-16(26(28)29)15(21)7-14(13)20/h3-8H,9H2,1-2H3,(H,25,27)/b22-8-. The Kier molecular flexibility index (Phi) is 7.26. The highest BCUT2D eigenvalue weighted by Gasteiger charge is 2.19. The highest BCUT2D eigenvalue weighted by atomic mass is 35.5. The smallest absolute Gasteiger partial charge is 0.288 e. The largest absolute Gasteiger partial charge is 0.455 e. The summed E-state index contributed by atoms with van der Waals surface area (Å²) in [5.74, 6) is 0.356. The Morgan fingerprint density at radius 3 is 2.61 bits per heavy atom. The van der Waals surface area contributed by atoms with Crippen LogP contribution in [0.4, 0.5) is 5.69 Å². The van der Waals surface area contributed by atoms with Crippen molar-refractivity contribution in [2.24, 2.45) is 5.10 Å². The van der Waals surface area contributed by atoms with Crippen molar-refractivity contribution in [1.29, 1.82) is 0 Å². The normalized spacial score (nSPS) is 11.1. The third-order valence-electron chi connectivity index (χ3n) is 3.80. The molecule has 0 unspecified atom stereocenters. The predicted molar refractivity (Wildman–Crippen MR) is 119 cm³/mol. The lowest BCUT2D eigenvalue weighted by Crippen LogP contribution is -2.19. The lowest BCUT2D eigenvalue weighted by molar-refractivity contribution is -0.384. The number of carbonyl (C=O) groups is 1. The van der Waals surface area contributed by atoms with Crippen LogP contribution in [0.5, 0.6) is 0 Å². The molecule has 0 saturated carbocycles. The number of benzene rings is 1. The number of hydrazone groups is 1. The molecule has 3 aromatic rings. The molecule has 0 aliphatic heterocycles. The first-order valence-corrected chi connectivity index (χ1v) is 10.5. The molecule has 1 amide bonds. The number of hydrogen-bond donors (Lipinski definition) is 1. The average molecular weight is 480 g/mol. The number of hydrogen-bond acceptors (Lipinski definition) is 8. The molecule has 0 spiro atoms. The van der Waals surface area contributed by atoms with Crippen LogP contribution in [-0.2, 0) is 4.79 Å². The first-order chi connectivity index (χ1) is 14.7. The van der Waals surface area contributed by atoms with Gasteiger partial charge in [0.1, 0.15) is 16.5 Å². The Morgan fingerprint density at radius 1 is 1.23 bits per heavy atom. The summed E-state index contributed by atoms with van der Waals surface area (Å²) in [5, 5.41) is 15.6. The van der Waals surface area contributed by atoms with Gasteiger partial charge in [-0.15, -0.1) is 0 Å². The Morgan fingerprint density at radius 2 is 1.94 bits per heavy atom. The molecule has 3 rings (SSSR count). The number of carbonyl (C=O) groups excluding carboxylic acids is 1. The lowest BCUT2D eigenvalue weighted by Gasteiger charge is -2.03. The summed E-state index contributed by atoms with van der Waals surface area (Å²) in [4.78, 5) is 30.9. The molecular weight excluding hydrogens is 465 g/mol. The van der Waals surface area contributed by atoms with Gasteiger partial charge in [0.25, 0.3) is 11.6 Å². The van der Waals surface area contributed by atoms with Crippen LogP contribution in [0.3, 0.4) is 0 Å². The SMILES string of the molecule is Cc1cc(C)nc(SCC(=O)N/N=C\c2ccc(-c3cc([N+](=O)[O-])c(Cl)cc3Cl)o2)n1. The van der Waals surface area contributed by atoms with Crippen LogP contribution < -0.4 is 5.43 Å². The number of furan rings is 1. The molecule has 0 bridgehead atoms. The second kappa shape index (κ2) is 9.90. The van der Waals surface area contributed by atoms with E-state index in [0.717, 1.165) is 11.4 Å². The fourth-order valence-electron chi connectivity index (χ4n) is 2.52. The van der Waals surface area contributed by atoms with Crippen molar-refractivity contribution in [2.45, 2.75) is 19.0 Å². The van der Waals surface area contributed by atoms with E-state index in [4.69, 9.17) is 27.6 Å². The number of aryl methyl sites for hydroxylation is 2. The van der Waals surface area contributed by atoms with E-state index < -0.39 is 4.92 Å². The number of nitrogens with zero attached hydrogens (tertiary/aromatic N) is 4. The molecule has 12 heteroatoms. The van der Waals surface area contributed by atoms with E-state index in [9.17, 15) is 14.9 Å². The molecule has 2 aromatic heterocycles. The maximum atomic E-state index is 12.0. The van der Waals surface area contributed by atoms with Crippen molar-refractivity contribution in [3.8, 4) is 11.3 Å². The van der Waals surface area contributed by atoms with Crippen molar-refractivity contribution in [3.63, 3.8) is 0 Å². The second-order valence-corrected chi connectivity index (χ2v) is 8.01. The van der Waals surface area contributed by atoms with Crippen molar-refractivity contribution in [1.82, 2.24) is 15.4 Å². The van der Waals surface area contributed by atoms with Crippen LogP contribution in [0, 0.1) is 24.0 Å². The van der Waals surface area contributed by atoms with E-state index in [0.29, 0.717) is 22.2 Å². The predicted octanol–water partition coefficient (Wildman–Crippen LogP) is 4.81. The number of rotatable bonds is 7. The Hall–Kier alpha value is -2.95. The lowest BCUT2D eigenvalue weighted by atomic mass is 10.1. The highest BCUT2D eigenvalue weighted by Crippen LogP contribution is 2.37. The Balaban J connectivity index is 1.61. The minimum absolute atomic E-state index is 0.0705. The van der Waals surface area contributed by atoms with Gasteiger partial charge >= 0.3 is 0 Å². The van der Waals surface area contributed by atoms with E-state index in [1.165, 1.54) is 30.1 Å². The molecule has 0 atom stereocenters. The summed E-state index contributed by atoms with van der Waals surface area (Å²) < 4.78 is 5.59. The topological polar surface area (TPSA) is 124 Å². The maximum Gasteiger partial charge on any atom is 0.288 e. The van der Waals surface area contributed by atoms with Gasteiger partial charge in [-0.05, 0) is 38.1 Å². The molecule has 0 saturated heterocycles. The minimum Gasteiger partial charge on any atom is -0.455 e. The summed E-state index contributed by atoms with van der Waals surface area (Å²) in [5.41, 5.74) is 4.06. The van der Waals surface area contributed by atoms with Gasteiger partial charge in [0.15, 0.2) is 5.16 Å². The number of thioether (sulfide) groups is 1. The van der Waals surface area contributed by atoms with Gasteiger partial charge in [0.2, 0.25) is 0 Å². The van der Waals surface area contributed by atoms with Crippen LogP contribution in [0.15, 0.2) is 45.0 Å². The van der Waals surface area contributed by atoms with Crippen LogP contribution in [0.25, 0.3) is 11.3 Å². The fourth-order valence-corrected chi connectivity index (χ4v) is 3.81. The Bertz CT molecular complexity index is 1160. The minimum atomic E-state index is -0.607. The number of amides is 1. The monoisotopic (exact) mass is 479 g/mol. The average Bonchev–Trinajstić information content (AvgIpc) is 3.14. The highest BCUT2D eigenvalue weighted by molar-refractivity contribution is 7.99. The molecular formula is C19H15Cl2N5O4S. The number of halogens is 2. The van der Waals surface area contributed by atoms with Crippen molar-refractivity contribution >= 4 is 52.8 Å². The van der Waals surface area contributed by atoms with Crippen LogP contribution in [0.2, 0.25) is 10.0 Å². The molecule has 0 aliphatic rings. The van der Waals surface area contributed by atoms with E-state index in [1.807, 2.05) is 19.9 Å². The second-order valence-electron chi connectivity index (χ2n) is 6.26. The molecule has 1 aromatic carbocycles. The number of nitro groups is 1. The number of nitrogens with one attached hydrogen (secondary N) is 1. The van der Waals surface area contributed by atoms with Crippen molar-refractivity contribution in [3.05, 3.63) is 67.6 Å². The van der Waals surface area contributed by atoms with E-state index in [-0.39, 0.29) is 27.4 Å². The molecule has 31 heavy (non-hydrogen) atoms. The molecule has 2 heterocycles. The van der Waals surface area contributed by atoms with Crippen LogP contribution in [-0.4, -0.2) is 32.8 Å². The zero-order valence-electron chi connectivity index (χ0n) is 16.3. The summed E-state index contributed by atoms with van der Waals surface area (Å²) >= 11 is 13.2. The van der Waals surface area contributed by atoms with Gasteiger partial charge in [-0.2, -0.15) is 5.10 Å². The van der Waals surface area contributed by atoms with Gasteiger partial charge in [0.05, 0.1) is 21.9 Å².